The zero-order chi connectivity index (χ0) is 18.4. The summed E-state index contributed by atoms with van der Waals surface area (Å²) in [6.07, 6.45) is 5.35. The van der Waals surface area contributed by atoms with E-state index < -0.39 is 0 Å². The predicted molar refractivity (Wildman–Crippen MR) is 109 cm³/mol. The summed E-state index contributed by atoms with van der Waals surface area (Å²) in [5.74, 6) is 0.541. The van der Waals surface area contributed by atoms with Gasteiger partial charge in [-0.3, -0.25) is 4.79 Å². The molecule has 1 aromatic carbocycles. The fourth-order valence-corrected chi connectivity index (χ4v) is 3.64. The van der Waals surface area contributed by atoms with Crippen LogP contribution in [0.15, 0.2) is 18.2 Å². The van der Waals surface area contributed by atoms with Crippen molar-refractivity contribution in [3.63, 3.8) is 0 Å². The van der Waals surface area contributed by atoms with Crippen molar-refractivity contribution in [1.29, 1.82) is 0 Å². The molecule has 5 nitrogen and oxygen atoms in total. The monoisotopic (exact) mass is 358 g/mol. The predicted octanol–water partition coefficient (Wildman–Crippen LogP) is 2.72. The van der Waals surface area contributed by atoms with Crippen molar-refractivity contribution in [2.24, 2.45) is 5.92 Å². The van der Waals surface area contributed by atoms with Crippen LogP contribution in [0.5, 0.6) is 0 Å². The van der Waals surface area contributed by atoms with Gasteiger partial charge in [0.1, 0.15) is 0 Å². The summed E-state index contributed by atoms with van der Waals surface area (Å²) in [6.45, 7) is 8.35. The Hall–Kier alpha value is -1.75. The molecule has 1 heterocycles. The molecule has 144 valence electrons. The van der Waals surface area contributed by atoms with Crippen LogP contribution in [0, 0.1) is 5.92 Å². The highest BCUT2D eigenvalue weighted by Gasteiger charge is 2.24. The van der Waals surface area contributed by atoms with Gasteiger partial charge in [0.15, 0.2) is 0 Å². The number of nitrogens with one attached hydrogen (secondary N) is 2. The number of anilines is 2. The maximum absolute atomic E-state index is 11.8. The Morgan fingerprint density at radius 2 is 1.92 bits per heavy atom. The van der Waals surface area contributed by atoms with Gasteiger partial charge in [-0.1, -0.05) is 13.3 Å². The molecule has 1 aromatic rings. The van der Waals surface area contributed by atoms with E-state index in [1.165, 1.54) is 23.4 Å². The molecule has 1 aliphatic heterocycles. The minimum absolute atomic E-state index is 0.252. The third-order valence-electron chi connectivity index (χ3n) is 5.78. The van der Waals surface area contributed by atoms with E-state index in [9.17, 15) is 4.79 Å². The Morgan fingerprint density at radius 3 is 2.58 bits per heavy atom. The van der Waals surface area contributed by atoms with Gasteiger partial charge in [-0.25, -0.2) is 0 Å². The molecule has 1 aliphatic carbocycles. The maximum atomic E-state index is 11.8. The molecule has 0 aromatic heterocycles. The first kappa shape index (κ1) is 19.0. The number of piperazine rings is 1. The molecule has 0 atom stereocenters. The fraction of sp³-hybridized carbons (Fsp3) is 0.667. The molecule has 2 N–H and O–H groups in total. The highest BCUT2D eigenvalue weighted by atomic mass is 16.1. The van der Waals surface area contributed by atoms with Crippen molar-refractivity contribution in [1.82, 2.24) is 10.2 Å². The Balaban J connectivity index is 1.44. The normalized spacial score (nSPS) is 18.5. The van der Waals surface area contributed by atoms with E-state index in [-0.39, 0.29) is 11.8 Å². The van der Waals surface area contributed by atoms with Crippen LogP contribution in [0.4, 0.5) is 11.4 Å². The SMILES string of the molecule is CCc1cc(N2CCN(C)CC2)ccc1NCCCNC(=O)C1CCC1. The molecular formula is C21H34N4O. The van der Waals surface area contributed by atoms with Gasteiger partial charge in [0.05, 0.1) is 0 Å². The second kappa shape index (κ2) is 9.26. The lowest BCUT2D eigenvalue weighted by atomic mass is 9.85. The summed E-state index contributed by atoms with van der Waals surface area (Å²) in [6, 6.07) is 6.80. The molecule has 0 bridgehead atoms. The highest BCUT2D eigenvalue weighted by molar-refractivity contribution is 5.79. The molecule has 0 unspecified atom stereocenters. The first-order chi connectivity index (χ1) is 12.7. The number of hydrogen-bond acceptors (Lipinski definition) is 4. The minimum atomic E-state index is 0.252. The van der Waals surface area contributed by atoms with E-state index in [1.54, 1.807) is 0 Å². The third-order valence-corrected chi connectivity index (χ3v) is 5.78. The molecule has 2 fully saturated rings. The zero-order valence-corrected chi connectivity index (χ0v) is 16.4. The van der Waals surface area contributed by atoms with Crippen LogP contribution < -0.4 is 15.5 Å². The van der Waals surface area contributed by atoms with Crippen LogP contribution in [0.25, 0.3) is 0 Å². The molecule has 2 aliphatic rings. The van der Waals surface area contributed by atoms with Crippen molar-refractivity contribution >= 4 is 17.3 Å². The summed E-state index contributed by atoms with van der Waals surface area (Å²) in [5.41, 5.74) is 3.95. The number of nitrogens with zero attached hydrogens (tertiary/aromatic N) is 2. The summed E-state index contributed by atoms with van der Waals surface area (Å²) in [7, 11) is 2.19. The highest BCUT2D eigenvalue weighted by Crippen LogP contribution is 2.26. The topological polar surface area (TPSA) is 47.6 Å². The van der Waals surface area contributed by atoms with Gasteiger partial charge in [0.2, 0.25) is 5.91 Å². The molecule has 5 heteroatoms. The van der Waals surface area contributed by atoms with Crippen LogP contribution in [-0.4, -0.2) is 57.1 Å². The van der Waals surface area contributed by atoms with E-state index >= 15 is 0 Å². The lowest BCUT2D eigenvalue weighted by Crippen LogP contribution is -2.44. The summed E-state index contributed by atoms with van der Waals surface area (Å²) < 4.78 is 0. The summed E-state index contributed by atoms with van der Waals surface area (Å²) in [5, 5.41) is 6.62. The van der Waals surface area contributed by atoms with E-state index in [4.69, 9.17) is 0 Å². The van der Waals surface area contributed by atoms with Crippen molar-refractivity contribution in [3.05, 3.63) is 23.8 Å². The molecule has 26 heavy (non-hydrogen) atoms. The largest absolute Gasteiger partial charge is 0.385 e. The number of rotatable bonds is 8. The standard InChI is InChI=1S/C21H34N4O/c1-3-17-16-19(25-14-12-24(2)13-15-25)8-9-20(17)22-10-5-11-23-21(26)18-6-4-7-18/h8-9,16,18,22H,3-7,10-15H2,1-2H3,(H,23,26). The van der Waals surface area contributed by atoms with Crippen LogP contribution in [-0.2, 0) is 11.2 Å². The van der Waals surface area contributed by atoms with Gasteiger partial charge in [0, 0.05) is 56.6 Å². The Morgan fingerprint density at radius 1 is 1.15 bits per heavy atom. The number of benzene rings is 1. The number of likely N-dealkylation sites (N-methyl/N-ethyl adjacent to an activating group) is 1. The van der Waals surface area contributed by atoms with E-state index in [2.05, 4.69) is 52.6 Å². The van der Waals surface area contributed by atoms with Gasteiger partial charge in [-0.2, -0.15) is 0 Å². The van der Waals surface area contributed by atoms with Crippen LogP contribution >= 0.6 is 0 Å². The zero-order valence-electron chi connectivity index (χ0n) is 16.4. The lowest BCUT2D eigenvalue weighted by Gasteiger charge is -2.34. The van der Waals surface area contributed by atoms with Crippen LogP contribution in [0.2, 0.25) is 0 Å². The Kier molecular flexibility index (Phi) is 6.78. The number of hydrogen-bond donors (Lipinski definition) is 2. The number of amides is 1. The Bertz CT molecular complexity index is 592. The van der Waals surface area contributed by atoms with Crippen LogP contribution in [0.3, 0.4) is 0 Å². The quantitative estimate of drug-likeness (QED) is 0.702. The van der Waals surface area contributed by atoms with Crippen molar-refractivity contribution < 1.29 is 4.79 Å². The molecule has 0 radical (unpaired) electrons. The smallest absolute Gasteiger partial charge is 0.223 e. The van der Waals surface area contributed by atoms with Crippen molar-refractivity contribution in [2.45, 2.75) is 39.0 Å². The second-order valence-corrected chi connectivity index (χ2v) is 7.68. The maximum Gasteiger partial charge on any atom is 0.223 e. The molecular weight excluding hydrogens is 324 g/mol. The minimum Gasteiger partial charge on any atom is -0.385 e. The summed E-state index contributed by atoms with van der Waals surface area (Å²) >= 11 is 0. The number of carbonyl (C=O) groups is 1. The number of carbonyl (C=O) groups excluding carboxylic acids is 1. The van der Waals surface area contributed by atoms with Crippen molar-refractivity contribution in [2.75, 3.05) is 56.5 Å². The second-order valence-electron chi connectivity index (χ2n) is 7.68. The molecule has 1 saturated heterocycles. The first-order valence-electron chi connectivity index (χ1n) is 10.3. The van der Waals surface area contributed by atoms with E-state index in [1.807, 2.05) is 0 Å². The van der Waals surface area contributed by atoms with Crippen LogP contribution in [0.1, 0.15) is 38.2 Å². The average Bonchev–Trinajstić information content (AvgIpc) is 2.60. The van der Waals surface area contributed by atoms with Gasteiger partial charge in [0.25, 0.3) is 0 Å². The third kappa shape index (κ3) is 4.91. The van der Waals surface area contributed by atoms with Gasteiger partial charge in [-0.15, -0.1) is 0 Å². The fourth-order valence-electron chi connectivity index (χ4n) is 3.64. The van der Waals surface area contributed by atoms with Gasteiger partial charge < -0.3 is 20.4 Å². The lowest BCUT2D eigenvalue weighted by molar-refractivity contribution is -0.127. The average molecular weight is 359 g/mol. The Labute approximate surface area is 158 Å². The molecule has 1 saturated carbocycles. The molecule has 1 amide bonds. The molecule has 0 spiro atoms. The van der Waals surface area contributed by atoms with E-state index in [0.717, 1.165) is 65.0 Å². The van der Waals surface area contributed by atoms with Gasteiger partial charge in [-0.05, 0) is 56.5 Å². The van der Waals surface area contributed by atoms with E-state index in [0.29, 0.717) is 0 Å². The first-order valence-corrected chi connectivity index (χ1v) is 10.3. The van der Waals surface area contributed by atoms with Gasteiger partial charge >= 0.3 is 0 Å². The molecule has 3 rings (SSSR count). The summed E-state index contributed by atoms with van der Waals surface area (Å²) in [4.78, 5) is 16.7. The van der Waals surface area contributed by atoms with Crippen molar-refractivity contribution in [3.8, 4) is 0 Å². The number of aryl methyl sites for hydroxylation is 1.